The molecule has 0 saturated heterocycles. The van der Waals surface area contributed by atoms with Crippen molar-refractivity contribution in [1.29, 1.82) is 0 Å². The molecule has 67 heavy (non-hydrogen) atoms. The number of para-hydroxylation sites is 3. The number of nitrogens with zero attached hydrogens (tertiary/aromatic N) is 3. The van der Waals surface area contributed by atoms with Crippen molar-refractivity contribution >= 4 is 129 Å². The molecule has 12 aromatic rings. The molecule has 0 fully saturated rings. The number of aromatic nitrogens is 1. The first-order valence-electron chi connectivity index (χ1n) is 21.1. The molecule has 0 unspecified atom stereocenters. The van der Waals surface area contributed by atoms with Crippen molar-refractivity contribution in [2.24, 2.45) is 0 Å². The average Bonchev–Trinajstić information content (AvgIpc) is 4.03. The molecular weight excluding hydrogens is 908 g/mol. The first kappa shape index (κ1) is 40.8. The van der Waals surface area contributed by atoms with Gasteiger partial charge in [0, 0.05) is 87.0 Å². The Balaban J connectivity index is 1.09. The van der Waals surface area contributed by atoms with Gasteiger partial charge in [0.25, 0.3) is 0 Å². The minimum Gasteiger partial charge on any atom is -0.455 e. The maximum atomic E-state index is 14.1. The molecule has 4 aromatic heterocycles. The van der Waals surface area contributed by atoms with Gasteiger partial charge >= 0.3 is 15.6 Å². The smallest absolute Gasteiger partial charge is 0.455 e. The number of fused-ring (bicyclic) bond motifs is 9. The third-order valence-corrected chi connectivity index (χ3v) is 15.2. The van der Waals surface area contributed by atoms with Crippen molar-refractivity contribution in [3.8, 4) is 16.9 Å². The van der Waals surface area contributed by atoms with E-state index in [1.165, 1.54) is 23.5 Å². The Morgan fingerprint density at radius 1 is 0.522 bits per heavy atom. The van der Waals surface area contributed by atoms with Crippen molar-refractivity contribution in [3.05, 3.63) is 194 Å². The Hall–Kier alpha value is -7.71. The molecule has 0 N–H and O–H groups in total. The Morgan fingerprint density at radius 2 is 1.19 bits per heavy atom. The van der Waals surface area contributed by atoms with Gasteiger partial charge in [-0.25, -0.2) is 4.98 Å². The summed E-state index contributed by atoms with van der Waals surface area (Å²) in [5.74, 6) is 0.159. The van der Waals surface area contributed by atoms with E-state index in [4.69, 9.17) is 8.60 Å². The van der Waals surface area contributed by atoms with E-state index in [0.717, 1.165) is 69.3 Å². The molecule has 13 heteroatoms. The third kappa shape index (κ3) is 7.01. The predicted octanol–water partition coefficient (Wildman–Crippen LogP) is 16.6. The third-order valence-electron chi connectivity index (χ3n) is 11.9. The molecule has 0 aliphatic carbocycles. The lowest BCUT2D eigenvalue weighted by Gasteiger charge is -2.27. The number of hydrogen-bond acceptors (Lipinski definition) is 9. The van der Waals surface area contributed by atoms with Crippen molar-refractivity contribution < 1.29 is 30.2 Å². The van der Waals surface area contributed by atoms with Gasteiger partial charge in [-0.1, -0.05) is 97.1 Å². The summed E-state index contributed by atoms with van der Waals surface area (Å²) in [5, 5.41) is 5.35. The van der Waals surface area contributed by atoms with Gasteiger partial charge in [-0.2, -0.15) is 21.6 Å². The van der Waals surface area contributed by atoms with Crippen LogP contribution in [0.4, 0.5) is 47.4 Å². The fraction of sp³-hybridized carbons (Fsp3) is 0.0185. The van der Waals surface area contributed by atoms with E-state index in [2.05, 4.69) is 23.2 Å². The van der Waals surface area contributed by atoms with Gasteiger partial charge in [0.2, 0.25) is 0 Å². The Kier molecular flexibility index (Phi) is 9.57. The zero-order valence-electron chi connectivity index (χ0n) is 34.8. The van der Waals surface area contributed by atoms with Crippen LogP contribution in [0.1, 0.15) is 0 Å². The van der Waals surface area contributed by atoms with Crippen molar-refractivity contribution in [3.63, 3.8) is 0 Å². The zero-order valence-corrected chi connectivity index (χ0v) is 37.3. The second kappa shape index (κ2) is 15.7. The summed E-state index contributed by atoms with van der Waals surface area (Å²) in [6, 6.07) is 60.0. The lowest BCUT2D eigenvalue weighted by Crippen LogP contribution is -2.28. The van der Waals surface area contributed by atoms with E-state index < -0.39 is 21.4 Å². The molecule has 326 valence electrons. The molecule has 7 nitrogen and oxygen atoms in total. The maximum absolute atomic E-state index is 14.1. The highest BCUT2D eigenvalue weighted by Crippen LogP contribution is 2.50. The number of alkyl halides is 3. The van der Waals surface area contributed by atoms with Gasteiger partial charge in [0.15, 0.2) is 0 Å². The van der Waals surface area contributed by atoms with Crippen LogP contribution in [0.5, 0.6) is 5.75 Å². The molecule has 0 bridgehead atoms. The summed E-state index contributed by atoms with van der Waals surface area (Å²) in [6.07, 6.45) is 1.71. The summed E-state index contributed by atoms with van der Waals surface area (Å²) in [6.45, 7) is 0. The molecular formula is C54H32F3N3O4S3. The Bertz CT molecular complexity index is 3950. The number of halogens is 3. The predicted molar refractivity (Wildman–Crippen MR) is 268 cm³/mol. The van der Waals surface area contributed by atoms with Crippen LogP contribution in [0, 0.1) is 0 Å². The van der Waals surface area contributed by atoms with E-state index in [9.17, 15) is 21.6 Å². The summed E-state index contributed by atoms with van der Waals surface area (Å²) < 4.78 is 83.0. The normalized spacial score (nSPS) is 12.2. The van der Waals surface area contributed by atoms with Crippen LogP contribution in [-0.2, 0) is 10.1 Å². The number of anilines is 6. The minimum atomic E-state index is -6.07. The van der Waals surface area contributed by atoms with Crippen LogP contribution in [0.3, 0.4) is 0 Å². The van der Waals surface area contributed by atoms with E-state index in [1.807, 2.05) is 168 Å². The maximum Gasteiger partial charge on any atom is 0.534 e. The van der Waals surface area contributed by atoms with Crippen LogP contribution >= 0.6 is 22.7 Å². The highest BCUT2D eigenvalue weighted by Gasteiger charge is 2.48. The minimum absolute atomic E-state index is 0.421. The molecule has 12 rings (SSSR count). The summed E-state index contributed by atoms with van der Waals surface area (Å²) in [7, 11) is -6.07. The van der Waals surface area contributed by atoms with Crippen LogP contribution in [0.15, 0.2) is 199 Å². The average molecular weight is 940 g/mol. The SMILES string of the molecule is O=S(=O)(Oc1cc(N(c2ccc(-c3cccc4c3oc3ccccc34)cc2)c2ccc3c(c2)sc2ccccc23)c2sc3ccc(N(c4ccccc4)c4ccccn4)cc3c2c1)C(F)(F)F. The fourth-order valence-corrected chi connectivity index (χ4v) is 11.6. The van der Waals surface area contributed by atoms with Crippen LogP contribution < -0.4 is 14.0 Å². The van der Waals surface area contributed by atoms with E-state index in [-0.39, 0.29) is 0 Å². The molecule has 0 spiro atoms. The van der Waals surface area contributed by atoms with Crippen LogP contribution in [-0.4, -0.2) is 18.9 Å². The largest absolute Gasteiger partial charge is 0.534 e. The van der Waals surface area contributed by atoms with Gasteiger partial charge in [0.05, 0.1) is 10.4 Å². The zero-order chi connectivity index (χ0) is 45.4. The van der Waals surface area contributed by atoms with E-state index in [0.29, 0.717) is 38.4 Å². The number of benzene rings is 8. The quantitative estimate of drug-likeness (QED) is 0.105. The Labute approximate surface area is 388 Å². The summed E-state index contributed by atoms with van der Waals surface area (Å²) >= 11 is 3.08. The van der Waals surface area contributed by atoms with Crippen LogP contribution in [0.25, 0.3) is 73.4 Å². The van der Waals surface area contributed by atoms with Crippen molar-refractivity contribution in [2.45, 2.75) is 5.51 Å². The van der Waals surface area contributed by atoms with Gasteiger partial charge in [-0.15, -0.1) is 22.7 Å². The first-order chi connectivity index (χ1) is 32.6. The lowest BCUT2D eigenvalue weighted by atomic mass is 10.0. The fourth-order valence-electron chi connectivity index (χ4n) is 8.87. The molecule has 4 heterocycles. The first-order valence-corrected chi connectivity index (χ1v) is 24.1. The topological polar surface area (TPSA) is 75.9 Å². The molecule has 8 aromatic carbocycles. The lowest BCUT2D eigenvalue weighted by molar-refractivity contribution is -0.0500. The monoisotopic (exact) mass is 939 g/mol. The van der Waals surface area contributed by atoms with Gasteiger partial charge < -0.3 is 13.5 Å². The van der Waals surface area contributed by atoms with Crippen molar-refractivity contribution in [1.82, 2.24) is 4.98 Å². The number of pyridine rings is 1. The highest BCUT2D eigenvalue weighted by atomic mass is 32.2. The van der Waals surface area contributed by atoms with Crippen LogP contribution in [0.2, 0.25) is 0 Å². The van der Waals surface area contributed by atoms with E-state index in [1.54, 1.807) is 17.5 Å². The highest BCUT2D eigenvalue weighted by molar-refractivity contribution is 7.88. The number of hydrogen-bond donors (Lipinski definition) is 0. The molecule has 0 atom stereocenters. The number of furan rings is 1. The number of thiophene rings is 2. The molecule has 0 radical (unpaired) electrons. The standard InChI is InChI=1S/C54H32F3N3O4S3/c55-54(56,57)67(61,62)64-38-31-45-44-29-36(60(34-11-2-1-3-12-34)51-19-8-9-28-58-51)25-27-49(44)66-53(45)46(32-38)59(37-24-26-42-41-14-5-7-18-48(41)65-50(42)30-37)35-22-20-33(21-23-35)39-15-10-16-43-40-13-4-6-17-47(40)63-52(39)43/h1-32H. The molecule has 0 saturated carbocycles. The second-order valence-corrected chi connectivity index (χ2v) is 19.6. The second-order valence-electron chi connectivity index (χ2n) is 15.9. The summed E-state index contributed by atoms with van der Waals surface area (Å²) in [5.41, 5.74) is 0.996. The van der Waals surface area contributed by atoms with E-state index >= 15 is 0 Å². The molecule has 0 amide bonds. The molecule has 0 aliphatic rings. The van der Waals surface area contributed by atoms with Crippen molar-refractivity contribution in [2.75, 3.05) is 9.80 Å². The summed E-state index contributed by atoms with van der Waals surface area (Å²) in [4.78, 5) is 8.59. The van der Waals surface area contributed by atoms with Gasteiger partial charge in [0.1, 0.15) is 22.7 Å². The van der Waals surface area contributed by atoms with Gasteiger partial charge in [-0.3, -0.25) is 4.90 Å². The van der Waals surface area contributed by atoms with Gasteiger partial charge in [-0.05, 0) is 90.5 Å². The molecule has 0 aliphatic heterocycles. The number of rotatable bonds is 9. The Morgan fingerprint density at radius 3 is 2.00 bits per heavy atom.